The van der Waals surface area contributed by atoms with Crippen LogP contribution in [-0.4, -0.2) is 68.1 Å². The van der Waals surface area contributed by atoms with Crippen LogP contribution in [0.25, 0.3) is 0 Å². The standard InChI is InChI=1S/C35H43N3O7/c1-35(33(36)39,27-13-10-25-8-5-17-37-30(25)21-27)45-32-22-38(34(40)41)18-16-29(32)24-11-14-28(15-12-24)44-20-6-19-43-23-26-7-3-4-9-31(26)42-2/h3-4,7,9-15,21,29,32,37H,5-6,8,16-20,22-23H2,1-2H3,(H2,36,39)(H,40,41). The molecule has 2 amide bonds. The highest BCUT2D eigenvalue weighted by molar-refractivity contribution is 5.85. The highest BCUT2D eigenvalue weighted by Gasteiger charge is 2.42. The van der Waals surface area contributed by atoms with Crippen molar-refractivity contribution in [3.63, 3.8) is 0 Å². The normalized spacial score (nSPS) is 19.1. The Hall–Kier alpha value is -4.28. The molecule has 10 heteroatoms. The van der Waals surface area contributed by atoms with Gasteiger partial charge in [0.25, 0.3) is 5.91 Å². The molecule has 1 fully saturated rings. The second-order valence-corrected chi connectivity index (χ2v) is 11.7. The van der Waals surface area contributed by atoms with Crippen LogP contribution >= 0.6 is 0 Å². The van der Waals surface area contributed by atoms with E-state index in [1.165, 1.54) is 10.5 Å². The van der Waals surface area contributed by atoms with Crippen molar-refractivity contribution in [2.24, 2.45) is 5.73 Å². The minimum absolute atomic E-state index is 0.124. The molecule has 10 nitrogen and oxygen atoms in total. The predicted molar refractivity (Wildman–Crippen MR) is 171 cm³/mol. The van der Waals surface area contributed by atoms with E-state index in [1.54, 1.807) is 14.0 Å². The maximum atomic E-state index is 12.9. The van der Waals surface area contributed by atoms with Crippen LogP contribution in [0.4, 0.5) is 10.5 Å². The molecular formula is C35H43N3O7. The first-order chi connectivity index (χ1) is 21.8. The molecule has 0 saturated carbocycles. The summed E-state index contributed by atoms with van der Waals surface area (Å²) in [7, 11) is 1.65. The van der Waals surface area contributed by atoms with Crippen LogP contribution < -0.4 is 20.5 Å². The highest BCUT2D eigenvalue weighted by Crippen LogP contribution is 2.38. The molecule has 4 N–H and O–H groups in total. The number of ether oxygens (including phenoxy) is 4. The fourth-order valence-electron chi connectivity index (χ4n) is 6.09. The third-order valence-corrected chi connectivity index (χ3v) is 8.75. The number of nitrogens with one attached hydrogen (secondary N) is 1. The molecule has 2 aliphatic heterocycles. The van der Waals surface area contributed by atoms with Gasteiger partial charge in [0.05, 0.1) is 39.6 Å². The van der Waals surface area contributed by atoms with Crippen molar-refractivity contribution >= 4 is 17.7 Å². The van der Waals surface area contributed by atoms with Gasteiger partial charge in [0.1, 0.15) is 11.5 Å². The van der Waals surface area contributed by atoms with Gasteiger partial charge in [-0.15, -0.1) is 0 Å². The summed E-state index contributed by atoms with van der Waals surface area (Å²) in [6.07, 6.45) is 1.67. The molecule has 45 heavy (non-hydrogen) atoms. The Labute approximate surface area is 264 Å². The number of anilines is 1. The number of hydrogen-bond acceptors (Lipinski definition) is 7. The van der Waals surface area contributed by atoms with Gasteiger partial charge in [0.15, 0.2) is 5.60 Å². The van der Waals surface area contributed by atoms with E-state index >= 15 is 0 Å². The van der Waals surface area contributed by atoms with E-state index in [4.69, 9.17) is 24.7 Å². The lowest BCUT2D eigenvalue weighted by Gasteiger charge is -2.41. The van der Waals surface area contributed by atoms with Gasteiger partial charge in [-0.2, -0.15) is 0 Å². The fraction of sp³-hybridized carbons (Fsp3) is 0.429. The molecule has 0 spiro atoms. The molecule has 3 aromatic rings. The number of nitrogens with two attached hydrogens (primary N) is 1. The van der Waals surface area contributed by atoms with E-state index in [0.29, 0.717) is 38.3 Å². The Bertz CT molecular complexity index is 1460. The van der Waals surface area contributed by atoms with Crippen LogP contribution in [0.2, 0.25) is 0 Å². The molecule has 3 aromatic carbocycles. The number of hydrogen-bond donors (Lipinski definition) is 3. The summed E-state index contributed by atoms with van der Waals surface area (Å²) in [5.74, 6) is 0.769. The van der Waals surface area contributed by atoms with Gasteiger partial charge in [-0.1, -0.05) is 42.5 Å². The van der Waals surface area contributed by atoms with Gasteiger partial charge in [-0.25, -0.2) is 4.79 Å². The van der Waals surface area contributed by atoms with Crippen molar-refractivity contribution in [3.8, 4) is 11.5 Å². The third kappa shape index (κ3) is 7.69. The van der Waals surface area contributed by atoms with Crippen molar-refractivity contribution in [1.29, 1.82) is 0 Å². The zero-order valence-electron chi connectivity index (χ0n) is 26.0. The maximum absolute atomic E-state index is 12.9. The molecule has 3 atom stereocenters. The van der Waals surface area contributed by atoms with Crippen LogP contribution in [-0.2, 0) is 32.9 Å². The molecule has 0 aliphatic carbocycles. The number of methoxy groups -OCH3 is 1. The molecular weight excluding hydrogens is 574 g/mol. The van der Waals surface area contributed by atoms with Crippen LogP contribution in [0.3, 0.4) is 0 Å². The van der Waals surface area contributed by atoms with Crippen molar-refractivity contribution in [1.82, 2.24) is 4.90 Å². The van der Waals surface area contributed by atoms with E-state index in [1.807, 2.05) is 66.7 Å². The van der Waals surface area contributed by atoms with E-state index in [9.17, 15) is 14.7 Å². The number of likely N-dealkylation sites (tertiary alicyclic amines) is 1. The Morgan fingerprint density at radius 3 is 2.64 bits per heavy atom. The lowest BCUT2D eigenvalue weighted by molar-refractivity contribution is -0.157. The van der Waals surface area contributed by atoms with Gasteiger partial charge in [0.2, 0.25) is 0 Å². The SMILES string of the molecule is COc1ccccc1COCCCOc1ccc(C2CCN(C(=O)O)CC2OC(C)(C(N)=O)c2ccc3c(c2)NCCC3)cc1. The molecule has 0 radical (unpaired) electrons. The summed E-state index contributed by atoms with van der Waals surface area (Å²) in [5, 5.41) is 13.2. The topological polar surface area (TPSA) is 133 Å². The van der Waals surface area contributed by atoms with Gasteiger partial charge in [0, 0.05) is 36.7 Å². The van der Waals surface area contributed by atoms with Crippen molar-refractivity contribution < 1.29 is 33.6 Å². The number of carbonyl (C=O) groups is 2. The lowest BCUT2D eigenvalue weighted by Crippen LogP contribution is -2.52. The zero-order chi connectivity index (χ0) is 31.8. The second-order valence-electron chi connectivity index (χ2n) is 11.7. The van der Waals surface area contributed by atoms with Crippen molar-refractivity contribution in [2.45, 2.75) is 56.8 Å². The number of benzene rings is 3. The van der Waals surface area contributed by atoms with Crippen molar-refractivity contribution in [3.05, 3.63) is 89.0 Å². The average molecular weight is 618 g/mol. The van der Waals surface area contributed by atoms with Crippen LogP contribution in [0.5, 0.6) is 11.5 Å². The molecule has 1 saturated heterocycles. The first kappa shape index (κ1) is 32.1. The smallest absolute Gasteiger partial charge is 0.407 e. The van der Waals surface area contributed by atoms with E-state index in [2.05, 4.69) is 5.32 Å². The summed E-state index contributed by atoms with van der Waals surface area (Å²) < 4.78 is 23.7. The third-order valence-electron chi connectivity index (χ3n) is 8.75. The van der Waals surface area contributed by atoms with E-state index < -0.39 is 23.7 Å². The van der Waals surface area contributed by atoms with Gasteiger partial charge >= 0.3 is 6.09 Å². The number of piperidine rings is 1. The minimum Gasteiger partial charge on any atom is -0.496 e. The monoisotopic (exact) mass is 617 g/mol. The zero-order valence-corrected chi connectivity index (χ0v) is 26.0. The van der Waals surface area contributed by atoms with E-state index in [-0.39, 0.29) is 12.5 Å². The summed E-state index contributed by atoms with van der Waals surface area (Å²) >= 11 is 0. The number of para-hydroxylation sites is 1. The highest BCUT2D eigenvalue weighted by atomic mass is 16.5. The lowest BCUT2D eigenvalue weighted by atomic mass is 9.85. The first-order valence-corrected chi connectivity index (χ1v) is 15.5. The molecule has 3 unspecified atom stereocenters. The van der Waals surface area contributed by atoms with E-state index in [0.717, 1.165) is 54.1 Å². The Morgan fingerprint density at radius 2 is 1.89 bits per heavy atom. The molecule has 0 bridgehead atoms. The summed E-state index contributed by atoms with van der Waals surface area (Å²) in [6, 6.07) is 21.4. The molecule has 2 heterocycles. The van der Waals surface area contributed by atoms with Crippen LogP contribution in [0.1, 0.15) is 54.4 Å². The quantitative estimate of drug-likeness (QED) is 0.221. The fourth-order valence-corrected chi connectivity index (χ4v) is 6.09. The number of nitrogens with zero attached hydrogens (tertiary/aromatic N) is 1. The minimum atomic E-state index is -1.45. The van der Waals surface area contributed by atoms with Crippen LogP contribution in [0.15, 0.2) is 66.7 Å². The van der Waals surface area contributed by atoms with Gasteiger partial charge in [-0.3, -0.25) is 4.79 Å². The largest absolute Gasteiger partial charge is 0.496 e. The molecule has 0 aromatic heterocycles. The first-order valence-electron chi connectivity index (χ1n) is 15.5. The Balaban J connectivity index is 1.22. The summed E-state index contributed by atoms with van der Waals surface area (Å²) in [5.41, 5.74) is 9.31. The maximum Gasteiger partial charge on any atom is 0.407 e. The van der Waals surface area contributed by atoms with Crippen LogP contribution in [0, 0.1) is 0 Å². The second kappa shape index (κ2) is 14.7. The molecule has 5 rings (SSSR count). The average Bonchev–Trinajstić information content (AvgIpc) is 3.06. The number of carbonyl (C=O) groups excluding carboxylic acids is 1. The Morgan fingerprint density at radius 1 is 1.09 bits per heavy atom. The number of amides is 2. The molecule has 240 valence electrons. The van der Waals surface area contributed by atoms with Gasteiger partial charge < -0.3 is 40.0 Å². The summed E-state index contributed by atoms with van der Waals surface area (Å²) in [4.78, 5) is 26.2. The number of rotatable bonds is 13. The summed E-state index contributed by atoms with van der Waals surface area (Å²) in [6.45, 7) is 4.55. The Kier molecular flexibility index (Phi) is 10.5. The number of carboxylic acid groups (broad SMARTS) is 1. The number of primary amides is 1. The number of fused-ring (bicyclic) bond motifs is 1. The van der Waals surface area contributed by atoms with Gasteiger partial charge in [-0.05, 0) is 67.1 Å². The molecule has 2 aliphatic rings. The van der Waals surface area contributed by atoms with Crippen molar-refractivity contribution in [2.75, 3.05) is 45.3 Å². The predicted octanol–water partition coefficient (Wildman–Crippen LogP) is 5.29. The number of aryl methyl sites for hydroxylation is 1.